The van der Waals surface area contributed by atoms with E-state index in [2.05, 4.69) is 5.32 Å². The van der Waals surface area contributed by atoms with Gasteiger partial charge in [-0.3, -0.25) is 4.79 Å². The molecular weight excluding hydrogens is 250 g/mol. The molecule has 2 fully saturated rings. The minimum Gasteiger partial charge on any atom is -0.480 e. The summed E-state index contributed by atoms with van der Waals surface area (Å²) in [6, 6.07) is -0.744. The van der Waals surface area contributed by atoms with E-state index in [9.17, 15) is 9.59 Å². The molecule has 0 spiro atoms. The molecule has 0 aromatic carbocycles. The second-order valence-corrected chi connectivity index (χ2v) is 6.64. The van der Waals surface area contributed by atoms with Crippen LogP contribution in [0.25, 0.3) is 0 Å². The molecule has 0 radical (unpaired) electrons. The third kappa shape index (κ3) is 3.40. The summed E-state index contributed by atoms with van der Waals surface area (Å²) >= 11 is 1.67. The van der Waals surface area contributed by atoms with Crippen LogP contribution in [0.15, 0.2) is 0 Å². The highest BCUT2D eigenvalue weighted by Crippen LogP contribution is 2.49. The van der Waals surface area contributed by atoms with Crippen molar-refractivity contribution in [2.75, 3.05) is 11.5 Å². The second-order valence-electron chi connectivity index (χ2n) is 5.56. The van der Waals surface area contributed by atoms with Crippen LogP contribution >= 0.6 is 11.8 Å². The van der Waals surface area contributed by atoms with Crippen LogP contribution in [0.4, 0.5) is 0 Å². The predicted molar refractivity (Wildman–Crippen MR) is 71.5 cm³/mol. The van der Waals surface area contributed by atoms with Gasteiger partial charge in [-0.1, -0.05) is 6.42 Å². The summed E-state index contributed by atoms with van der Waals surface area (Å²) in [5, 5.41) is 11.5. The van der Waals surface area contributed by atoms with Crippen molar-refractivity contribution in [2.24, 2.45) is 17.8 Å². The fourth-order valence-electron chi connectivity index (χ4n) is 3.34. The summed E-state index contributed by atoms with van der Waals surface area (Å²) in [6.45, 7) is 1.36. The Morgan fingerprint density at radius 1 is 1.39 bits per heavy atom. The largest absolute Gasteiger partial charge is 0.480 e. The van der Waals surface area contributed by atoms with Crippen LogP contribution in [-0.4, -0.2) is 34.5 Å². The van der Waals surface area contributed by atoms with Gasteiger partial charge in [-0.15, -0.1) is 0 Å². The molecule has 2 bridgehead atoms. The fraction of sp³-hybridized carbons (Fsp3) is 0.846. The van der Waals surface area contributed by atoms with Crippen LogP contribution in [0.2, 0.25) is 0 Å². The zero-order valence-electron chi connectivity index (χ0n) is 10.7. The lowest BCUT2D eigenvalue weighted by molar-refractivity contribution is -0.140. The molecule has 102 valence electrons. The molecule has 4 atom stereocenters. The minimum absolute atomic E-state index is 0.275. The van der Waals surface area contributed by atoms with Gasteiger partial charge in [0, 0.05) is 12.7 Å². The third-order valence-electron chi connectivity index (χ3n) is 4.18. The lowest BCUT2D eigenvalue weighted by Crippen LogP contribution is -2.41. The maximum absolute atomic E-state index is 11.0. The maximum Gasteiger partial charge on any atom is 0.327 e. The smallest absolute Gasteiger partial charge is 0.327 e. The SMILES string of the molecule is CC(=O)N[C@@H](CSCC1CC2CCC1C2)C(=O)O. The molecule has 3 unspecified atom stereocenters. The number of rotatable bonds is 6. The van der Waals surface area contributed by atoms with Crippen molar-refractivity contribution in [1.82, 2.24) is 5.32 Å². The molecule has 0 aromatic rings. The molecule has 0 saturated heterocycles. The Kier molecular flexibility index (Phi) is 4.54. The number of fused-ring (bicyclic) bond motifs is 2. The summed E-state index contributed by atoms with van der Waals surface area (Å²) in [5.41, 5.74) is 0. The lowest BCUT2D eigenvalue weighted by Gasteiger charge is -2.22. The maximum atomic E-state index is 11.0. The number of amides is 1. The number of nitrogens with one attached hydrogen (secondary N) is 1. The first-order valence-electron chi connectivity index (χ1n) is 6.64. The molecule has 0 aliphatic heterocycles. The van der Waals surface area contributed by atoms with Crippen molar-refractivity contribution in [2.45, 2.75) is 38.6 Å². The Balaban J connectivity index is 1.70. The predicted octanol–water partition coefficient (Wildman–Crippen LogP) is 1.75. The standard InChI is InChI=1S/C13H21NO3S/c1-8(15)14-12(13(16)17)7-18-6-11-5-9-2-3-10(11)4-9/h9-12H,2-7H2,1H3,(H,14,15)(H,16,17)/t9?,10?,11?,12-/m0/s1. The molecule has 2 saturated carbocycles. The molecule has 0 heterocycles. The Hall–Kier alpha value is -0.710. The van der Waals surface area contributed by atoms with Gasteiger partial charge in [-0.25, -0.2) is 4.79 Å². The summed E-state index contributed by atoms with van der Waals surface area (Å²) in [5.74, 6) is 2.90. The van der Waals surface area contributed by atoms with E-state index in [1.165, 1.54) is 32.6 Å². The van der Waals surface area contributed by atoms with E-state index in [4.69, 9.17) is 5.11 Å². The normalized spacial score (nSPS) is 31.3. The van der Waals surface area contributed by atoms with Crippen LogP contribution in [0.5, 0.6) is 0 Å². The molecule has 2 N–H and O–H groups in total. The zero-order valence-corrected chi connectivity index (χ0v) is 11.5. The van der Waals surface area contributed by atoms with Gasteiger partial charge in [-0.2, -0.15) is 11.8 Å². The monoisotopic (exact) mass is 271 g/mol. The van der Waals surface area contributed by atoms with Gasteiger partial charge < -0.3 is 10.4 Å². The highest BCUT2D eigenvalue weighted by molar-refractivity contribution is 7.99. The van der Waals surface area contributed by atoms with Crippen molar-refractivity contribution >= 4 is 23.6 Å². The molecule has 18 heavy (non-hydrogen) atoms. The molecule has 4 nitrogen and oxygen atoms in total. The van der Waals surface area contributed by atoms with Crippen LogP contribution in [0.3, 0.4) is 0 Å². The number of carboxylic acids is 1. The first-order chi connectivity index (χ1) is 8.56. The molecule has 2 rings (SSSR count). The van der Waals surface area contributed by atoms with E-state index in [-0.39, 0.29) is 5.91 Å². The molecule has 5 heteroatoms. The van der Waals surface area contributed by atoms with Crippen molar-refractivity contribution in [3.05, 3.63) is 0 Å². The van der Waals surface area contributed by atoms with Gasteiger partial charge in [0.05, 0.1) is 0 Å². The fourth-order valence-corrected chi connectivity index (χ4v) is 4.65. The van der Waals surface area contributed by atoms with Gasteiger partial charge in [-0.05, 0) is 42.8 Å². The summed E-state index contributed by atoms with van der Waals surface area (Å²) in [6.07, 6.45) is 5.48. The quantitative estimate of drug-likeness (QED) is 0.772. The van der Waals surface area contributed by atoms with Crippen molar-refractivity contribution < 1.29 is 14.7 Å². The number of carboxylic acid groups (broad SMARTS) is 1. The number of hydrogen-bond acceptors (Lipinski definition) is 3. The van der Waals surface area contributed by atoms with Crippen molar-refractivity contribution in [1.29, 1.82) is 0 Å². The van der Waals surface area contributed by atoms with Gasteiger partial charge in [0.2, 0.25) is 5.91 Å². The number of hydrogen-bond donors (Lipinski definition) is 2. The minimum atomic E-state index is -0.939. The molecule has 0 aromatic heterocycles. The summed E-state index contributed by atoms with van der Waals surface area (Å²) in [7, 11) is 0. The number of aliphatic carboxylic acids is 1. The Morgan fingerprint density at radius 2 is 2.17 bits per heavy atom. The van der Waals surface area contributed by atoms with Gasteiger partial charge in [0.1, 0.15) is 6.04 Å². The molecule has 2 aliphatic rings. The third-order valence-corrected chi connectivity index (χ3v) is 5.41. The van der Waals surface area contributed by atoms with Crippen LogP contribution in [0.1, 0.15) is 32.6 Å². The van der Waals surface area contributed by atoms with Crippen LogP contribution in [0, 0.1) is 17.8 Å². The first kappa shape index (κ1) is 13.7. The van der Waals surface area contributed by atoms with E-state index in [0.29, 0.717) is 5.75 Å². The molecular formula is C13H21NO3S. The van der Waals surface area contributed by atoms with Crippen LogP contribution in [-0.2, 0) is 9.59 Å². The topological polar surface area (TPSA) is 66.4 Å². The average Bonchev–Trinajstić information content (AvgIpc) is 2.88. The Labute approximate surface area is 112 Å². The van der Waals surface area contributed by atoms with E-state index < -0.39 is 12.0 Å². The second kappa shape index (κ2) is 5.95. The highest BCUT2D eigenvalue weighted by atomic mass is 32.2. The summed E-state index contributed by atoms with van der Waals surface area (Å²) in [4.78, 5) is 21.9. The summed E-state index contributed by atoms with van der Waals surface area (Å²) < 4.78 is 0. The highest BCUT2D eigenvalue weighted by Gasteiger charge is 2.39. The molecule has 2 aliphatic carbocycles. The van der Waals surface area contributed by atoms with E-state index in [1.807, 2.05) is 0 Å². The van der Waals surface area contributed by atoms with Gasteiger partial charge in [0.15, 0.2) is 0 Å². The number of carbonyl (C=O) groups is 2. The Morgan fingerprint density at radius 3 is 2.67 bits per heavy atom. The Bertz CT molecular complexity index is 334. The van der Waals surface area contributed by atoms with Crippen molar-refractivity contribution in [3.63, 3.8) is 0 Å². The average molecular weight is 271 g/mol. The van der Waals surface area contributed by atoms with Gasteiger partial charge in [0.25, 0.3) is 0 Å². The van der Waals surface area contributed by atoms with E-state index in [1.54, 1.807) is 11.8 Å². The molecule has 1 amide bonds. The van der Waals surface area contributed by atoms with Crippen LogP contribution < -0.4 is 5.32 Å². The lowest BCUT2D eigenvalue weighted by atomic mass is 9.90. The first-order valence-corrected chi connectivity index (χ1v) is 7.79. The van der Waals surface area contributed by atoms with E-state index in [0.717, 1.165) is 23.5 Å². The van der Waals surface area contributed by atoms with E-state index >= 15 is 0 Å². The van der Waals surface area contributed by atoms with Crippen molar-refractivity contribution in [3.8, 4) is 0 Å². The zero-order chi connectivity index (χ0) is 13.1. The number of carbonyl (C=O) groups excluding carboxylic acids is 1. The number of thioether (sulfide) groups is 1. The van der Waals surface area contributed by atoms with Gasteiger partial charge >= 0.3 is 5.97 Å².